The van der Waals surface area contributed by atoms with Crippen molar-refractivity contribution < 1.29 is 4.74 Å². The monoisotopic (exact) mass is 462 g/mol. The highest BCUT2D eigenvalue weighted by Crippen LogP contribution is 2.36. The minimum Gasteiger partial charge on any atom is -0.497 e. The Kier molecular flexibility index (Phi) is 6.58. The molecule has 3 aromatic rings. The van der Waals surface area contributed by atoms with Crippen molar-refractivity contribution in [2.75, 3.05) is 17.7 Å². The van der Waals surface area contributed by atoms with Crippen molar-refractivity contribution in [3.05, 3.63) is 53.5 Å². The molecule has 0 saturated heterocycles. The quantitative estimate of drug-likeness (QED) is 0.424. The molecular weight excluding hydrogens is 432 g/mol. The smallest absolute Gasteiger partial charge is 0.227 e. The zero-order chi connectivity index (χ0) is 23.6. The molecule has 4 N–H and O–H groups in total. The van der Waals surface area contributed by atoms with Crippen LogP contribution in [0.4, 0.5) is 17.3 Å². The molecule has 7 nitrogen and oxygen atoms in total. The number of thiocarbonyl (C=S) groups is 1. The number of nitrogens with two attached hydrogens (primary N) is 1. The van der Waals surface area contributed by atoms with Gasteiger partial charge in [0.25, 0.3) is 0 Å². The van der Waals surface area contributed by atoms with Crippen molar-refractivity contribution in [2.45, 2.75) is 52.0 Å². The van der Waals surface area contributed by atoms with Crippen LogP contribution in [0.25, 0.3) is 11.3 Å². The van der Waals surface area contributed by atoms with Gasteiger partial charge in [-0.3, -0.25) is 4.98 Å². The van der Waals surface area contributed by atoms with E-state index in [1.54, 1.807) is 7.11 Å². The van der Waals surface area contributed by atoms with E-state index in [4.69, 9.17) is 27.7 Å². The number of nitrogens with one attached hydrogen (secondary N) is 2. The van der Waals surface area contributed by atoms with Gasteiger partial charge in [0.15, 0.2) is 0 Å². The third kappa shape index (κ3) is 5.64. The first-order chi connectivity index (χ1) is 15.7. The molecule has 0 fully saturated rings. The third-order valence-corrected chi connectivity index (χ3v) is 5.89. The lowest BCUT2D eigenvalue weighted by Gasteiger charge is -2.18. The lowest BCUT2D eigenvalue weighted by Crippen LogP contribution is -2.31. The van der Waals surface area contributed by atoms with E-state index in [2.05, 4.69) is 40.5 Å². The molecule has 0 saturated carbocycles. The van der Waals surface area contributed by atoms with Crippen LogP contribution in [0, 0.1) is 6.92 Å². The van der Waals surface area contributed by atoms with Crippen LogP contribution in [-0.4, -0.2) is 32.6 Å². The summed E-state index contributed by atoms with van der Waals surface area (Å²) in [6, 6.07) is 7.98. The van der Waals surface area contributed by atoms with Crippen molar-refractivity contribution in [1.82, 2.24) is 15.0 Å². The number of benzene rings is 1. The van der Waals surface area contributed by atoms with Crippen LogP contribution in [0.5, 0.6) is 5.75 Å². The summed E-state index contributed by atoms with van der Waals surface area (Å²) in [7, 11) is 1.65. The number of hydrogen-bond acceptors (Lipinski definition) is 7. The molecule has 0 bridgehead atoms. The number of hydrogen-bond donors (Lipinski definition) is 3. The van der Waals surface area contributed by atoms with Crippen LogP contribution in [0.2, 0.25) is 0 Å². The number of anilines is 3. The minimum atomic E-state index is -0.160. The predicted molar refractivity (Wildman–Crippen MR) is 137 cm³/mol. The van der Waals surface area contributed by atoms with E-state index >= 15 is 0 Å². The standard InChI is InChI=1S/C25H30N6OS/c1-15-20(10-16(13-27-15)6-5-9-25(2,3)26)30-24-28-14-17-11-22(33)29-21-12-18(32-4)7-8-19(21)23(17)31-24/h7-8,10,12-14H,5-6,9,11,26H2,1-4H3,(H,29,33)(H,28,30,31). The summed E-state index contributed by atoms with van der Waals surface area (Å²) in [6.45, 7) is 6.08. The summed E-state index contributed by atoms with van der Waals surface area (Å²) in [5, 5.41) is 6.67. The van der Waals surface area contributed by atoms with Gasteiger partial charge in [0.1, 0.15) is 5.75 Å². The van der Waals surface area contributed by atoms with Gasteiger partial charge in [0.2, 0.25) is 5.95 Å². The van der Waals surface area contributed by atoms with Gasteiger partial charge in [-0.25, -0.2) is 9.97 Å². The Bertz CT molecular complexity index is 1190. The highest BCUT2D eigenvalue weighted by Gasteiger charge is 2.20. The molecule has 1 aromatic carbocycles. The number of ether oxygens (including phenoxy) is 1. The molecule has 0 unspecified atom stereocenters. The molecule has 0 amide bonds. The van der Waals surface area contributed by atoms with E-state index in [1.165, 1.54) is 0 Å². The number of nitrogens with zero attached hydrogens (tertiary/aromatic N) is 3. The zero-order valence-electron chi connectivity index (χ0n) is 19.5. The molecule has 4 rings (SSSR count). The highest BCUT2D eigenvalue weighted by atomic mass is 32.1. The molecule has 0 atom stereocenters. The molecule has 0 spiro atoms. The first kappa shape index (κ1) is 23.1. The van der Waals surface area contributed by atoms with Gasteiger partial charge >= 0.3 is 0 Å². The molecule has 1 aliphatic rings. The van der Waals surface area contributed by atoms with Gasteiger partial charge in [-0.1, -0.05) is 12.2 Å². The second-order valence-corrected chi connectivity index (χ2v) is 9.64. The van der Waals surface area contributed by atoms with Gasteiger partial charge in [0, 0.05) is 41.5 Å². The fourth-order valence-electron chi connectivity index (χ4n) is 3.87. The van der Waals surface area contributed by atoms with Crippen molar-refractivity contribution >= 4 is 34.5 Å². The molecular formula is C25H30N6OS. The minimum absolute atomic E-state index is 0.160. The van der Waals surface area contributed by atoms with Crippen molar-refractivity contribution in [3.63, 3.8) is 0 Å². The molecule has 2 aromatic heterocycles. The molecule has 1 aliphatic heterocycles. The SMILES string of the molecule is COc1ccc2c(c1)NC(=S)Cc1cnc(Nc3cc(CCCC(C)(C)N)cnc3C)nc1-2. The normalized spacial score (nSPS) is 12.9. The fraction of sp³-hybridized carbons (Fsp3) is 0.360. The number of methoxy groups -OCH3 is 1. The van der Waals surface area contributed by atoms with Crippen LogP contribution in [-0.2, 0) is 12.8 Å². The van der Waals surface area contributed by atoms with Gasteiger partial charge in [-0.15, -0.1) is 0 Å². The van der Waals surface area contributed by atoms with Gasteiger partial charge in [0.05, 0.1) is 34.9 Å². The third-order valence-electron chi connectivity index (χ3n) is 5.65. The second kappa shape index (κ2) is 9.41. The van der Waals surface area contributed by atoms with Crippen LogP contribution in [0.3, 0.4) is 0 Å². The summed E-state index contributed by atoms with van der Waals surface area (Å²) >= 11 is 5.51. The van der Waals surface area contributed by atoms with Gasteiger partial charge < -0.3 is 21.1 Å². The molecule has 0 aliphatic carbocycles. The van der Waals surface area contributed by atoms with Crippen molar-refractivity contribution in [1.29, 1.82) is 0 Å². The highest BCUT2D eigenvalue weighted by molar-refractivity contribution is 7.80. The molecule has 33 heavy (non-hydrogen) atoms. The summed E-state index contributed by atoms with van der Waals surface area (Å²) in [6.07, 6.45) is 7.24. The molecule has 0 radical (unpaired) electrons. The Morgan fingerprint density at radius 1 is 1.21 bits per heavy atom. The number of rotatable bonds is 7. The number of fused-ring (bicyclic) bond motifs is 3. The van der Waals surface area contributed by atoms with E-state index in [9.17, 15) is 0 Å². The number of aromatic nitrogens is 3. The lowest BCUT2D eigenvalue weighted by molar-refractivity contribution is 0.415. The molecule has 8 heteroatoms. The lowest BCUT2D eigenvalue weighted by atomic mass is 9.97. The Morgan fingerprint density at radius 3 is 2.79 bits per heavy atom. The van der Waals surface area contributed by atoms with E-state index < -0.39 is 0 Å². The predicted octanol–water partition coefficient (Wildman–Crippen LogP) is 4.95. The zero-order valence-corrected chi connectivity index (χ0v) is 20.3. The second-order valence-electron chi connectivity index (χ2n) is 9.15. The summed E-state index contributed by atoms with van der Waals surface area (Å²) in [5.41, 5.74) is 12.6. The largest absolute Gasteiger partial charge is 0.497 e. The summed E-state index contributed by atoms with van der Waals surface area (Å²) in [5.74, 6) is 1.28. The van der Waals surface area contributed by atoms with Crippen LogP contribution in [0.1, 0.15) is 43.5 Å². The van der Waals surface area contributed by atoms with E-state index in [1.807, 2.05) is 37.5 Å². The maximum Gasteiger partial charge on any atom is 0.227 e. The first-order valence-electron chi connectivity index (χ1n) is 11.1. The first-order valence-corrected chi connectivity index (χ1v) is 11.5. The molecule has 3 heterocycles. The Hall–Kier alpha value is -3.10. The van der Waals surface area contributed by atoms with Crippen LogP contribution < -0.4 is 21.1 Å². The maximum atomic E-state index is 6.12. The average Bonchev–Trinajstić information content (AvgIpc) is 2.89. The van der Waals surface area contributed by atoms with Crippen LogP contribution in [0.15, 0.2) is 36.7 Å². The van der Waals surface area contributed by atoms with Crippen molar-refractivity contribution in [2.24, 2.45) is 5.73 Å². The topological polar surface area (TPSA) is 98.0 Å². The fourth-order valence-corrected chi connectivity index (χ4v) is 4.13. The Labute approximate surface area is 200 Å². The van der Waals surface area contributed by atoms with Crippen LogP contribution >= 0.6 is 12.2 Å². The summed E-state index contributed by atoms with van der Waals surface area (Å²) in [4.78, 5) is 14.7. The maximum absolute atomic E-state index is 6.12. The van der Waals surface area contributed by atoms with E-state index in [0.717, 1.165) is 69.5 Å². The Balaban J connectivity index is 1.61. The average molecular weight is 463 g/mol. The Morgan fingerprint density at radius 2 is 2.03 bits per heavy atom. The molecule has 172 valence electrons. The number of pyridine rings is 1. The van der Waals surface area contributed by atoms with Crippen molar-refractivity contribution in [3.8, 4) is 17.0 Å². The van der Waals surface area contributed by atoms with E-state index in [-0.39, 0.29) is 5.54 Å². The number of aryl methyl sites for hydroxylation is 2. The van der Waals surface area contributed by atoms with E-state index in [0.29, 0.717) is 12.4 Å². The summed E-state index contributed by atoms with van der Waals surface area (Å²) < 4.78 is 5.38. The van der Waals surface area contributed by atoms with Gasteiger partial charge in [-0.05, 0) is 63.8 Å². The van der Waals surface area contributed by atoms with Gasteiger partial charge in [-0.2, -0.15) is 0 Å².